The summed E-state index contributed by atoms with van der Waals surface area (Å²) < 4.78 is 17.5. The van der Waals surface area contributed by atoms with E-state index in [1.165, 1.54) is 212 Å². The highest BCUT2D eigenvalue weighted by Gasteiger charge is 2.17. The molecule has 0 aromatic heterocycles. The number of ether oxygens (including phenoxy) is 3. The van der Waals surface area contributed by atoms with Crippen LogP contribution in [0.2, 0.25) is 0 Å². The molecule has 0 spiro atoms. The van der Waals surface area contributed by atoms with Crippen molar-refractivity contribution in [3.05, 3.63) is 36.5 Å². The minimum Gasteiger partial charge on any atom is -0.462 e. The fraction of sp³-hybridized carbons (Fsp3) is 0.864. The van der Waals surface area contributed by atoms with E-state index >= 15 is 0 Å². The minimum absolute atomic E-state index is 0.0824. The van der Waals surface area contributed by atoms with Crippen LogP contribution in [0.25, 0.3) is 0 Å². The van der Waals surface area contributed by atoms with Crippen molar-refractivity contribution in [3.63, 3.8) is 0 Å². The summed E-state index contributed by atoms with van der Waals surface area (Å²) >= 11 is 0. The molecule has 0 saturated carbocycles. The van der Waals surface area contributed by atoms with Gasteiger partial charge >= 0.3 is 11.9 Å². The zero-order valence-electron chi connectivity index (χ0n) is 43.3. The number of carbonyl (C=O) groups excluding carboxylic acids is 2. The topological polar surface area (TPSA) is 61.8 Å². The monoisotopic (exact) mass is 899 g/mol. The summed E-state index contributed by atoms with van der Waals surface area (Å²) in [5.74, 6) is -0.399. The molecule has 0 bridgehead atoms. The lowest BCUT2D eigenvalue weighted by atomic mass is 10.0. The number of carbonyl (C=O) groups is 2. The number of hydrogen-bond acceptors (Lipinski definition) is 5. The van der Waals surface area contributed by atoms with Crippen molar-refractivity contribution >= 4 is 11.9 Å². The maximum absolute atomic E-state index is 12.8. The molecule has 0 aliphatic heterocycles. The first-order chi connectivity index (χ1) is 31.6. The van der Waals surface area contributed by atoms with Crippen molar-refractivity contribution < 1.29 is 23.8 Å². The van der Waals surface area contributed by atoms with Crippen LogP contribution in [-0.4, -0.2) is 37.9 Å². The third-order valence-electron chi connectivity index (χ3n) is 12.6. The molecule has 5 heteroatoms. The van der Waals surface area contributed by atoms with Crippen molar-refractivity contribution in [2.24, 2.45) is 0 Å². The molecule has 0 aliphatic rings. The molecule has 0 saturated heterocycles. The minimum atomic E-state index is -0.542. The van der Waals surface area contributed by atoms with Gasteiger partial charge in [-0.15, -0.1) is 0 Å². The van der Waals surface area contributed by atoms with Gasteiger partial charge in [0.2, 0.25) is 0 Å². The first kappa shape index (κ1) is 62.1. The number of esters is 2. The van der Waals surface area contributed by atoms with E-state index in [1.807, 2.05) is 0 Å². The average Bonchev–Trinajstić information content (AvgIpc) is 3.30. The molecule has 0 fully saturated rings. The second-order valence-corrected chi connectivity index (χ2v) is 19.2. The Kier molecular flexibility index (Phi) is 53.8. The van der Waals surface area contributed by atoms with Crippen LogP contribution in [0.3, 0.4) is 0 Å². The fourth-order valence-corrected chi connectivity index (χ4v) is 8.37. The lowest BCUT2D eigenvalue weighted by Gasteiger charge is -2.18. The molecule has 0 aromatic rings. The molecule has 1 unspecified atom stereocenters. The van der Waals surface area contributed by atoms with E-state index in [2.05, 4.69) is 57.2 Å². The second kappa shape index (κ2) is 55.4. The highest BCUT2D eigenvalue weighted by molar-refractivity contribution is 5.70. The SMILES string of the molecule is CCC/C=C\C/C=C\CCCCCCCC(=O)OC(COCCCCCCCC/C=C\CCCCCCCC)COC(=O)CCCCCCCCCCCCCCCCCCCCC. The summed E-state index contributed by atoms with van der Waals surface area (Å²) in [5, 5.41) is 0. The molecular weight excluding hydrogens is 789 g/mol. The lowest BCUT2D eigenvalue weighted by Crippen LogP contribution is -2.30. The van der Waals surface area contributed by atoms with Crippen LogP contribution in [0.15, 0.2) is 36.5 Å². The number of unbranched alkanes of at least 4 members (excludes halogenated alkanes) is 36. The molecule has 64 heavy (non-hydrogen) atoms. The van der Waals surface area contributed by atoms with Gasteiger partial charge in [-0.1, -0.05) is 256 Å². The Morgan fingerprint density at radius 1 is 0.344 bits per heavy atom. The van der Waals surface area contributed by atoms with Crippen molar-refractivity contribution in [1.82, 2.24) is 0 Å². The van der Waals surface area contributed by atoms with E-state index in [-0.39, 0.29) is 25.2 Å². The molecule has 0 rings (SSSR count). The molecular formula is C59H110O5. The third kappa shape index (κ3) is 52.7. The van der Waals surface area contributed by atoms with Gasteiger partial charge in [0.25, 0.3) is 0 Å². The predicted molar refractivity (Wildman–Crippen MR) is 279 cm³/mol. The van der Waals surface area contributed by atoms with E-state index in [4.69, 9.17) is 14.2 Å². The van der Waals surface area contributed by atoms with Crippen molar-refractivity contribution in [1.29, 1.82) is 0 Å². The number of hydrogen-bond donors (Lipinski definition) is 0. The summed E-state index contributed by atoms with van der Waals surface area (Å²) in [6.07, 6.45) is 67.4. The molecule has 0 heterocycles. The largest absolute Gasteiger partial charge is 0.462 e. The zero-order valence-corrected chi connectivity index (χ0v) is 43.3. The molecule has 1 atom stereocenters. The summed E-state index contributed by atoms with van der Waals surface area (Å²) in [4.78, 5) is 25.5. The quantitative estimate of drug-likeness (QED) is 0.0346. The Morgan fingerprint density at radius 3 is 1.11 bits per heavy atom. The lowest BCUT2D eigenvalue weighted by molar-refractivity contribution is -0.163. The Balaban J connectivity index is 4.21. The van der Waals surface area contributed by atoms with E-state index in [9.17, 15) is 9.59 Å². The number of rotatable bonds is 53. The summed E-state index contributed by atoms with van der Waals surface area (Å²) in [5.41, 5.74) is 0. The van der Waals surface area contributed by atoms with Gasteiger partial charge in [-0.05, 0) is 70.6 Å². The van der Waals surface area contributed by atoms with Gasteiger partial charge in [0, 0.05) is 19.4 Å². The van der Waals surface area contributed by atoms with Crippen molar-refractivity contribution in [3.8, 4) is 0 Å². The van der Waals surface area contributed by atoms with Crippen LogP contribution >= 0.6 is 0 Å². The molecule has 0 amide bonds. The van der Waals surface area contributed by atoms with Crippen LogP contribution in [-0.2, 0) is 23.8 Å². The van der Waals surface area contributed by atoms with Crippen LogP contribution < -0.4 is 0 Å². The first-order valence-electron chi connectivity index (χ1n) is 28.5. The molecule has 376 valence electrons. The Labute approximate surface area is 400 Å². The standard InChI is InChI=1S/C59H110O5/c1-4-7-10-13-16-19-22-25-27-29-30-31-32-35-37-40-43-46-49-52-58(60)63-56-57(64-59(61)53-50-47-44-41-38-34-24-21-18-15-12-9-6-3)55-62-54-51-48-45-42-39-36-33-28-26-23-20-17-14-11-8-5-2/h12,15,21,24,26,28,57H,4-11,13-14,16-20,22-23,25,27,29-56H2,1-3H3/b15-12-,24-21-,28-26-. The molecule has 5 nitrogen and oxygen atoms in total. The average molecular weight is 900 g/mol. The van der Waals surface area contributed by atoms with Gasteiger partial charge in [0.15, 0.2) is 6.10 Å². The Hall–Kier alpha value is -1.88. The van der Waals surface area contributed by atoms with Crippen LogP contribution in [0.4, 0.5) is 0 Å². The molecule has 0 aromatic carbocycles. The highest BCUT2D eigenvalue weighted by atomic mass is 16.6. The summed E-state index contributed by atoms with van der Waals surface area (Å²) in [6, 6.07) is 0. The van der Waals surface area contributed by atoms with Crippen LogP contribution in [0, 0.1) is 0 Å². The maximum atomic E-state index is 12.8. The predicted octanol–water partition coefficient (Wildman–Crippen LogP) is 19.4. The smallest absolute Gasteiger partial charge is 0.306 e. The third-order valence-corrected chi connectivity index (χ3v) is 12.6. The Bertz CT molecular complexity index is 1020. The van der Waals surface area contributed by atoms with Crippen LogP contribution in [0.1, 0.15) is 303 Å². The molecule has 0 radical (unpaired) electrons. The van der Waals surface area contributed by atoms with Crippen molar-refractivity contribution in [2.75, 3.05) is 19.8 Å². The van der Waals surface area contributed by atoms with Crippen LogP contribution in [0.5, 0.6) is 0 Å². The van der Waals surface area contributed by atoms with E-state index in [0.717, 1.165) is 57.8 Å². The normalized spacial score (nSPS) is 12.4. The molecule has 0 N–H and O–H groups in total. The van der Waals surface area contributed by atoms with Gasteiger partial charge < -0.3 is 14.2 Å². The van der Waals surface area contributed by atoms with E-state index in [1.54, 1.807) is 0 Å². The second-order valence-electron chi connectivity index (χ2n) is 19.2. The van der Waals surface area contributed by atoms with Gasteiger partial charge in [0.1, 0.15) is 6.61 Å². The first-order valence-corrected chi connectivity index (χ1v) is 28.5. The van der Waals surface area contributed by atoms with Gasteiger partial charge in [-0.25, -0.2) is 0 Å². The van der Waals surface area contributed by atoms with Gasteiger partial charge in [0.05, 0.1) is 6.61 Å². The number of allylic oxidation sites excluding steroid dienone is 6. The van der Waals surface area contributed by atoms with E-state index in [0.29, 0.717) is 19.4 Å². The Morgan fingerprint density at radius 2 is 0.688 bits per heavy atom. The maximum Gasteiger partial charge on any atom is 0.306 e. The van der Waals surface area contributed by atoms with E-state index < -0.39 is 6.10 Å². The fourth-order valence-electron chi connectivity index (χ4n) is 8.37. The van der Waals surface area contributed by atoms with Gasteiger partial charge in [-0.3, -0.25) is 9.59 Å². The van der Waals surface area contributed by atoms with Gasteiger partial charge in [-0.2, -0.15) is 0 Å². The highest BCUT2D eigenvalue weighted by Crippen LogP contribution is 2.16. The zero-order chi connectivity index (χ0) is 46.3. The summed E-state index contributed by atoms with van der Waals surface area (Å²) in [6.45, 7) is 7.79. The summed E-state index contributed by atoms with van der Waals surface area (Å²) in [7, 11) is 0. The van der Waals surface area contributed by atoms with Crippen molar-refractivity contribution in [2.45, 2.75) is 309 Å². The molecule has 0 aliphatic carbocycles.